The standard InChI is InChI=1S/C28H35N5O3/c1-18-3-4-21-15-23(19-5-11-35-12-6-19)30-16-22(21)25(18)26-24-17-32(28(34)29-2)9-10-33(24)27(31-26)20-7-13-36-14-8-20/h3-4,15-16,19-20H,5-14,17H2,1-2H3,(H,29,34). The van der Waals surface area contributed by atoms with Crippen LogP contribution in [0.5, 0.6) is 0 Å². The summed E-state index contributed by atoms with van der Waals surface area (Å²) in [7, 11) is 1.69. The van der Waals surface area contributed by atoms with E-state index in [9.17, 15) is 4.79 Å². The van der Waals surface area contributed by atoms with Crippen LogP contribution in [0.4, 0.5) is 4.79 Å². The van der Waals surface area contributed by atoms with Gasteiger partial charge in [0.25, 0.3) is 0 Å². The van der Waals surface area contributed by atoms with E-state index in [0.29, 0.717) is 24.9 Å². The predicted molar refractivity (Wildman–Crippen MR) is 138 cm³/mol. The van der Waals surface area contributed by atoms with Crippen LogP contribution in [0.15, 0.2) is 24.4 Å². The Morgan fingerprint density at radius 1 is 1.03 bits per heavy atom. The second-order valence-electron chi connectivity index (χ2n) is 10.3. The maximum atomic E-state index is 12.5. The number of aromatic nitrogens is 3. The Balaban J connectivity index is 1.47. The van der Waals surface area contributed by atoms with Gasteiger partial charge in [0.1, 0.15) is 5.82 Å². The first kappa shape index (κ1) is 23.4. The Morgan fingerprint density at radius 2 is 1.75 bits per heavy atom. The van der Waals surface area contributed by atoms with Gasteiger partial charge in [-0.3, -0.25) is 4.98 Å². The van der Waals surface area contributed by atoms with Crippen molar-refractivity contribution in [1.82, 2.24) is 24.8 Å². The Hall–Kier alpha value is -2.97. The molecule has 8 nitrogen and oxygen atoms in total. The summed E-state index contributed by atoms with van der Waals surface area (Å²) in [6, 6.07) is 6.62. The van der Waals surface area contributed by atoms with Gasteiger partial charge < -0.3 is 24.3 Å². The molecule has 6 rings (SSSR count). The number of urea groups is 1. The van der Waals surface area contributed by atoms with Crippen LogP contribution in [0, 0.1) is 6.92 Å². The summed E-state index contributed by atoms with van der Waals surface area (Å²) in [4.78, 5) is 24.7. The summed E-state index contributed by atoms with van der Waals surface area (Å²) in [6.45, 7) is 7.32. The fourth-order valence-corrected chi connectivity index (χ4v) is 6.07. The molecule has 3 aliphatic rings. The number of pyridine rings is 1. The second-order valence-corrected chi connectivity index (χ2v) is 10.3. The highest BCUT2D eigenvalue weighted by atomic mass is 16.5. The van der Waals surface area contributed by atoms with Crippen molar-refractivity contribution >= 4 is 16.8 Å². The second kappa shape index (κ2) is 9.82. The Kier molecular flexibility index (Phi) is 6.39. The predicted octanol–water partition coefficient (Wildman–Crippen LogP) is 4.35. The zero-order chi connectivity index (χ0) is 24.6. The number of hydrogen-bond donors (Lipinski definition) is 1. The minimum absolute atomic E-state index is 0.0431. The first-order valence-corrected chi connectivity index (χ1v) is 13.2. The van der Waals surface area contributed by atoms with E-state index in [1.165, 1.54) is 10.9 Å². The van der Waals surface area contributed by atoms with Crippen LogP contribution < -0.4 is 5.32 Å². The average molecular weight is 490 g/mol. The van der Waals surface area contributed by atoms with Gasteiger partial charge in [-0.25, -0.2) is 9.78 Å². The third-order valence-electron chi connectivity index (χ3n) is 8.13. The zero-order valence-electron chi connectivity index (χ0n) is 21.3. The summed E-state index contributed by atoms with van der Waals surface area (Å²) in [6.07, 6.45) is 6.06. The van der Waals surface area contributed by atoms with Gasteiger partial charge in [0.15, 0.2) is 0 Å². The fourth-order valence-electron chi connectivity index (χ4n) is 6.07. The smallest absolute Gasteiger partial charge is 0.317 e. The number of fused-ring (bicyclic) bond motifs is 2. The lowest BCUT2D eigenvalue weighted by molar-refractivity contribution is 0.0823. The normalized spacial score (nSPS) is 19.4. The number of aryl methyl sites for hydroxylation is 1. The molecule has 2 amide bonds. The van der Waals surface area contributed by atoms with Gasteiger partial charge >= 0.3 is 6.03 Å². The summed E-state index contributed by atoms with van der Waals surface area (Å²) in [5.74, 6) is 1.98. The van der Waals surface area contributed by atoms with Crippen LogP contribution in [0.25, 0.3) is 22.0 Å². The number of rotatable bonds is 3. The van der Waals surface area contributed by atoms with Gasteiger partial charge in [-0.15, -0.1) is 0 Å². The molecular formula is C28H35N5O3. The molecule has 190 valence electrons. The van der Waals surface area contributed by atoms with E-state index in [1.807, 2.05) is 11.1 Å². The summed E-state index contributed by atoms with van der Waals surface area (Å²) in [5.41, 5.74) is 5.59. The first-order valence-electron chi connectivity index (χ1n) is 13.2. The molecule has 0 atom stereocenters. The van der Waals surface area contributed by atoms with Crippen molar-refractivity contribution in [3.8, 4) is 11.3 Å². The average Bonchev–Trinajstić information content (AvgIpc) is 3.31. The summed E-state index contributed by atoms with van der Waals surface area (Å²) < 4.78 is 13.6. The van der Waals surface area contributed by atoms with Crippen molar-refractivity contribution in [2.45, 2.75) is 57.5 Å². The molecule has 0 unspecified atom stereocenters. The van der Waals surface area contributed by atoms with E-state index in [0.717, 1.165) is 92.5 Å². The van der Waals surface area contributed by atoms with Crippen LogP contribution in [-0.4, -0.2) is 65.5 Å². The number of hydrogen-bond acceptors (Lipinski definition) is 5. The molecule has 0 saturated carbocycles. The number of imidazole rings is 1. The lowest BCUT2D eigenvalue weighted by Crippen LogP contribution is -2.43. The lowest BCUT2D eigenvalue weighted by Gasteiger charge is -2.31. The van der Waals surface area contributed by atoms with Crippen LogP contribution in [0.2, 0.25) is 0 Å². The molecule has 1 N–H and O–H groups in total. The maximum Gasteiger partial charge on any atom is 0.317 e. The summed E-state index contributed by atoms with van der Waals surface area (Å²) >= 11 is 0. The van der Waals surface area contributed by atoms with Crippen LogP contribution in [-0.2, 0) is 22.6 Å². The number of amides is 2. The molecular weight excluding hydrogens is 454 g/mol. The van der Waals surface area contributed by atoms with E-state index < -0.39 is 0 Å². The van der Waals surface area contributed by atoms with Crippen molar-refractivity contribution in [2.75, 3.05) is 40.0 Å². The minimum Gasteiger partial charge on any atom is -0.381 e. The van der Waals surface area contributed by atoms with Crippen molar-refractivity contribution in [3.63, 3.8) is 0 Å². The van der Waals surface area contributed by atoms with Gasteiger partial charge in [0.05, 0.1) is 17.9 Å². The SMILES string of the molecule is CNC(=O)N1CCn2c(C3CCOCC3)nc(-c3c(C)ccc4cc(C5CCOCC5)ncc34)c2C1. The largest absolute Gasteiger partial charge is 0.381 e. The van der Waals surface area contributed by atoms with Crippen LogP contribution >= 0.6 is 0 Å². The molecule has 2 saturated heterocycles. The van der Waals surface area contributed by atoms with E-state index in [2.05, 4.69) is 35.0 Å². The van der Waals surface area contributed by atoms with Crippen LogP contribution in [0.1, 0.15) is 60.3 Å². The fraction of sp³-hybridized carbons (Fsp3) is 0.536. The highest BCUT2D eigenvalue weighted by Crippen LogP contribution is 2.39. The van der Waals surface area contributed by atoms with Gasteiger partial charge in [0, 0.05) is 81.2 Å². The molecule has 5 heterocycles. The molecule has 0 bridgehead atoms. The molecule has 3 aliphatic heterocycles. The van der Waals surface area contributed by atoms with Gasteiger partial charge in [-0.2, -0.15) is 0 Å². The van der Waals surface area contributed by atoms with Gasteiger partial charge in [-0.05, 0) is 49.6 Å². The number of carbonyl (C=O) groups is 1. The molecule has 0 spiro atoms. The molecule has 8 heteroatoms. The Bertz CT molecular complexity index is 1270. The number of carbonyl (C=O) groups excluding carboxylic acids is 1. The molecule has 36 heavy (non-hydrogen) atoms. The van der Waals surface area contributed by atoms with Crippen LogP contribution in [0.3, 0.4) is 0 Å². The number of nitrogens with zero attached hydrogens (tertiary/aromatic N) is 4. The van der Waals surface area contributed by atoms with Crippen molar-refractivity contribution in [1.29, 1.82) is 0 Å². The first-order chi connectivity index (χ1) is 17.6. The number of ether oxygens (including phenoxy) is 2. The Morgan fingerprint density at radius 3 is 2.47 bits per heavy atom. The number of benzene rings is 1. The van der Waals surface area contributed by atoms with Crippen molar-refractivity contribution < 1.29 is 14.3 Å². The van der Waals surface area contributed by atoms with Crippen molar-refractivity contribution in [3.05, 3.63) is 47.2 Å². The quantitative estimate of drug-likeness (QED) is 0.592. The Labute approximate surface area is 212 Å². The van der Waals surface area contributed by atoms with Gasteiger partial charge in [0.2, 0.25) is 0 Å². The van der Waals surface area contributed by atoms with Gasteiger partial charge in [-0.1, -0.05) is 12.1 Å². The molecule has 0 radical (unpaired) electrons. The number of nitrogens with one attached hydrogen (secondary N) is 1. The monoisotopic (exact) mass is 489 g/mol. The van der Waals surface area contributed by atoms with E-state index in [4.69, 9.17) is 19.4 Å². The molecule has 3 aromatic rings. The summed E-state index contributed by atoms with van der Waals surface area (Å²) in [5, 5.41) is 5.12. The lowest BCUT2D eigenvalue weighted by atomic mass is 9.92. The topological polar surface area (TPSA) is 81.5 Å². The molecule has 2 aromatic heterocycles. The highest BCUT2D eigenvalue weighted by molar-refractivity contribution is 5.97. The molecule has 2 fully saturated rings. The zero-order valence-corrected chi connectivity index (χ0v) is 21.3. The third kappa shape index (κ3) is 4.16. The van der Waals surface area contributed by atoms with E-state index in [1.54, 1.807) is 7.05 Å². The van der Waals surface area contributed by atoms with E-state index in [-0.39, 0.29) is 6.03 Å². The minimum atomic E-state index is -0.0431. The molecule has 0 aliphatic carbocycles. The van der Waals surface area contributed by atoms with Crippen molar-refractivity contribution in [2.24, 2.45) is 0 Å². The maximum absolute atomic E-state index is 12.5. The van der Waals surface area contributed by atoms with E-state index >= 15 is 0 Å². The highest BCUT2D eigenvalue weighted by Gasteiger charge is 2.32. The molecule has 1 aromatic carbocycles. The third-order valence-corrected chi connectivity index (χ3v) is 8.13.